The normalized spacial score (nSPS) is 14.7. The fourth-order valence-electron chi connectivity index (χ4n) is 6.03. The monoisotopic (exact) mass is 968 g/mol. The molecule has 6 N–H and O–H groups in total. The van der Waals surface area contributed by atoms with Crippen molar-refractivity contribution in [2.45, 2.75) is 264 Å². The van der Waals surface area contributed by atoms with E-state index in [0.717, 1.165) is 19.3 Å². The Labute approximate surface area is 422 Å². The number of hydrogen-bond donors (Lipinski definition) is 3. The second-order valence-electron chi connectivity index (χ2n) is 26.7. The van der Waals surface area contributed by atoms with Gasteiger partial charge in [0.2, 0.25) is 0 Å². The molecule has 0 bridgehead atoms. The summed E-state index contributed by atoms with van der Waals surface area (Å²) in [4.78, 5) is 78.7. The van der Waals surface area contributed by atoms with E-state index in [1.165, 1.54) is 12.8 Å². The van der Waals surface area contributed by atoms with Crippen LogP contribution in [0, 0.1) is 61.6 Å². The fraction of sp³-hybridized carbons (Fsp3) is 0.879. The highest BCUT2D eigenvalue weighted by atomic mass is 16.2. The van der Waals surface area contributed by atoms with Crippen LogP contribution in [0.5, 0.6) is 0 Å². The Morgan fingerprint density at radius 3 is 0.926 bits per heavy atom. The van der Waals surface area contributed by atoms with Crippen LogP contribution < -0.4 is 17.2 Å². The van der Waals surface area contributed by atoms with Crippen LogP contribution in [-0.4, -0.2) is 59.1 Å². The minimum absolute atomic E-state index is 0.00766. The summed E-state index contributed by atoms with van der Waals surface area (Å²) in [5.74, 6) is 3.33. The van der Waals surface area contributed by atoms with E-state index in [1.807, 2.05) is 187 Å². The highest BCUT2D eigenvalue weighted by Crippen LogP contribution is 2.32. The topological polar surface area (TPSA) is 198 Å². The molecule has 0 radical (unpaired) electrons. The summed E-state index contributed by atoms with van der Waals surface area (Å²) >= 11 is 0. The van der Waals surface area contributed by atoms with Crippen molar-refractivity contribution in [3.8, 4) is 0 Å². The van der Waals surface area contributed by atoms with E-state index in [2.05, 4.69) is 13.8 Å². The molecule has 406 valence electrons. The Kier molecular flexibility index (Phi) is 38.6. The van der Waals surface area contributed by atoms with E-state index in [9.17, 15) is 33.6 Å². The van der Waals surface area contributed by atoms with Crippen molar-refractivity contribution in [3.63, 3.8) is 0 Å². The van der Waals surface area contributed by atoms with E-state index in [1.54, 1.807) is 0 Å². The zero-order chi connectivity index (χ0) is 56.4. The van der Waals surface area contributed by atoms with Crippen molar-refractivity contribution >= 4 is 40.5 Å². The van der Waals surface area contributed by atoms with Crippen LogP contribution in [0.4, 0.5) is 0 Å². The first-order chi connectivity index (χ1) is 29.8. The Bertz CT molecular complexity index is 1430. The van der Waals surface area contributed by atoms with Crippen LogP contribution in [0.1, 0.15) is 252 Å². The van der Waals surface area contributed by atoms with Gasteiger partial charge in [0, 0.05) is 81.0 Å². The molecule has 0 spiro atoms. The van der Waals surface area contributed by atoms with E-state index in [-0.39, 0.29) is 79.2 Å². The van der Waals surface area contributed by atoms with Gasteiger partial charge in [-0.3, -0.25) is 33.6 Å². The average molecular weight is 969 g/mol. The Morgan fingerprint density at radius 2 is 0.809 bits per heavy atom. The summed E-state index contributed by atoms with van der Waals surface area (Å²) in [6.45, 7) is 57.1. The number of Topliss-reactive ketones (excluding diaryl/α,β-unsaturated/α-hetero) is 7. The lowest BCUT2D eigenvalue weighted by Crippen LogP contribution is -2.38. The minimum atomic E-state index is -0.282. The van der Waals surface area contributed by atoms with Gasteiger partial charge in [-0.25, -0.2) is 0 Å². The van der Waals surface area contributed by atoms with Crippen LogP contribution in [0.25, 0.3) is 0 Å². The molecule has 0 aromatic heterocycles. The lowest BCUT2D eigenvalue weighted by Gasteiger charge is -2.24. The molecule has 0 saturated heterocycles. The van der Waals surface area contributed by atoms with Gasteiger partial charge >= 0.3 is 0 Å². The molecule has 0 aromatic rings. The van der Waals surface area contributed by atoms with Crippen LogP contribution in [0.2, 0.25) is 0 Å². The first-order valence-corrected chi connectivity index (χ1v) is 25.8. The average Bonchev–Trinajstić information content (AvgIpc) is 3.69. The predicted octanol–water partition coefficient (Wildman–Crippen LogP) is 13.6. The van der Waals surface area contributed by atoms with Crippen LogP contribution >= 0.6 is 0 Å². The summed E-state index contributed by atoms with van der Waals surface area (Å²) in [5.41, 5.74) is 14.9. The zero-order valence-electron chi connectivity index (χ0n) is 50.4. The molecule has 1 aliphatic rings. The van der Waals surface area contributed by atoms with Gasteiger partial charge in [0.05, 0.1) is 6.04 Å². The molecular weight excluding hydrogens is 851 g/mol. The fourth-order valence-corrected chi connectivity index (χ4v) is 6.03. The number of carbonyl (C=O) groups is 7. The SMILES string of the molecule is CC(C)(C)C(=O)C1CCCC1.CC(C)(C)C(=O)CCN.CC(C)C(=O)C(C)(C)C.CC(C)C(C)C(=O)C(C)(C)C.CC(N)CC(=O)C(C)(C)C.CCC(=O)C(C)(C)C.CCC(N)C(=O)C(C)(C)C. The number of ketones is 7. The Balaban J connectivity index is -0.000000165. The van der Waals surface area contributed by atoms with Gasteiger partial charge in [-0.05, 0) is 38.6 Å². The first-order valence-electron chi connectivity index (χ1n) is 25.8. The van der Waals surface area contributed by atoms with Gasteiger partial charge in [-0.2, -0.15) is 0 Å². The molecule has 1 aliphatic carbocycles. The van der Waals surface area contributed by atoms with Crippen molar-refractivity contribution in [1.82, 2.24) is 0 Å². The lowest BCUT2D eigenvalue weighted by atomic mass is 9.79. The lowest BCUT2D eigenvalue weighted by molar-refractivity contribution is -0.131. The van der Waals surface area contributed by atoms with Gasteiger partial charge in [-0.15, -0.1) is 0 Å². The van der Waals surface area contributed by atoms with Gasteiger partial charge in [0.25, 0.3) is 0 Å². The molecule has 0 amide bonds. The van der Waals surface area contributed by atoms with Gasteiger partial charge in [0.1, 0.15) is 34.7 Å². The maximum atomic E-state index is 11.7. The van der Waals surface area contributed by atoms with E-state index >= 15 is 0 Å². The van der Waals surface area contributed by atoms with E-state index < -0.39 is 0 Å². The molecule has 10 heteroatoms. The number of hydrogen-bond acceptors (Lipinski definition) is 10. The second kappa shape index (κ2) is 34.0. The molecular formula is C58H117N3O7. The van der Waals surface area contributed by atoms with Gasteiger partial charge in [-0.1, -0.05) is 207 Å². The minimum Gasteiger partial charge on any atom is -0.330 e. The molecule has 0 heterocycles. The smallest absolute Gasteiger partial charge is 0.154 e. The third-order valence-electron chi connectivity index (χ3n) is 11.1. The number of rotatable bonds is 11. The Morgan fingerprint density at radius 1 is 0.471 bits per heavy atom. The molecule has 3 unspecified atom stereocenters. The highest BCUT2D eigenvalue weighted by molar-refractivity contribution is 5.89. The second-order valence-corrected chi connectivity index (χ2v) is 26.7. The van der Waals surface area contributed by atoms with E-state index in [4.69, 9.17) is 17.2 Å². The number of carbonyl (C=O) groups excluding carboxylic acids is 7. The van der Waals surface area contributed by atoms with Crippen molar-refractivity contribution < 1.29 is 33.6 Å². The van der Waals surface area contributed by atoms with Crippen LogP contribution in [0.3, 0.4) is 0 Å². The van der Waals surface area contributed by atoms with Crippen LogP contribution in [0.15, 0.2) is 0 Å². The molecule has 0 aromatic carbocycles. The van der Waals surface area contributed by atoms with Crippen LogP contribution in [-0.2, 0) is 33.6 Å². The molecule has 0 aliphatic heterocycles. The summed E-state index contributed by atoms with van der Waals surface area (Å²) < 4.78 is 0. The number of nitrogens with two attached hydrogens (primary N) is 3. The van der Waals surface area contributed by atoms with Gasteiger partial charge in [0.15, 0.2) is 5.78 Å². The molecule has 1 rings (SSSR count). The van der Waals surface area contributed by atoms with E-state index in [0.29, 0.717) is 60.8 Å². The predicted molar refractivity (Wildman–Crippen MR) is 293 cm³/mol. The standard InChI is InChI=1S/C10H18O.C10H20O.2C8H17NO.C8H16O.C7H15NO.C7H14O/c1-10(2,3)9(11)8-6-4-5-7-8;1-7(2)8(3)9(11)10(4,5)6;1-6(9)5-7(10)8(2,3)4;1-5-6(9)7(10)8(2,3)4;1-6(2)7(9)8(3,4)5;1-7(2,3)6(9)4-5-8;1-5-6(8)7(2,3)4/h8H,4-7H2,1-3H3;7-8H,1-6H3;2*6H,5,9H2,1-4H3;6H,1-5H3;4-5,8H2,1-3H3;5H2,1-4H3. The molecule has 3 atom stereocenters. The maximum Gasteiger partial charge on any atom is 0.154 e. The first kappa shape index (κ1) is 77.0. The third-order valence-corrected chi connectivity index (χ3v) is 11.1. The molecule has 10 nitrogen and oxygen atoms in total. The largest absolute Gasteiger partial charge is 0.330 e. The zero-order valence-corrected chi connectivity index (χ0v) is 50.4. The highest BCUT2D eigenvalue weighted by Gasteiger charge is 2.32. The quantitative estimate of drug-likeness (QED) is 0.179. The molecule has 1 fully saturated rings. The van der Waals surface area contributed by atoms with Gasteiger partial charge < -0.3 is 17.2 Å². The van der Waals surface area contributed by atoms with Crippen molar-refractivity contribution in [2.24, 2.45) is 78.8 Å². The third kappa shape index (κ3) is 41.4. The van der Waals surface area contributed by atoms with Crippen molar-refractivity contribution in [1.29, 1.82) is 0 Å². The molecule has 1 saturated carbocycles. The van der Waals surface area contributed by atoms with Crippen molar-refractivity contribution in [3.05, 3.63) is 0 Å². The maximum absolute atomic E-state index is 11.7. The summed E-state index contributed by atoms with van der Waals surface area (Å²) in [5, 5.41) is 0. The summed E-state index contributed by atoms with van der Waals surface area (Å²) in [6.07, 6.45) is 7.16. The molecule has 68 heavy (non-hydrogen) atoms. The van der Waals surface area contributed by atoms with Crippen molar-refractivity contribution in [2.75, 3.05) is 6.54 Å². The Hall–Kier alpha value is -2.43. The summed E-state index contributed by atoms with van der Waals surface area (Å²) in [6, 6.07) is -0.285. The summed E-state index contributed by atoms with van der Waals surface area (Å²) in [7, 11) is 0.